The number of fused-ring (bicyclic) bond motifs is 1. The van der Waals surface area contributed by atoms with Gasteiger partial charge >= 0.3 is 5.97 Å². The molecule has 0 bridgehead atoms. The van der Waals surface area contributed by atoms with E-state index < -0.39 is 0 Å². The Morgan fingerprint density at radius 1 is 1.21 bits per heavy atom. The molecule has 0 radical (unpaired) electrons. The van der Waals surface area contributed by atoms with Crippen molar-refractivity contribution >= 4 is 55.9 Å². The Balaban J connectivity index is 1.46. The third-order valence-corrected chi connectivity index (χ3v) is 8.55. The molecule has 3 aromatic rings. The monoisotopic (exact) mass is 618 g/mol. The first-order chi connectivity index (χ1) is 18.3. The first-order valence-electron chi connectivity index (χ1n) is 12.5. The molecule has 11 heteroatoms. The van der Waals surface area contributed by atoms with Gasteiger partial charge < -0.3 is 14.8 Å². The molecule has 38 heavy (non-hydrogen) atoms. The highest BCUT2D eigenvalue weighted by Gasteiger charge is 2.28. The molecule has 1 N–H and O–H groups in total. The van der Waals surface area contributed by atoms with Gasteiger partial charge in [-0.2, -0.15) is 0 Å². The van der Waals surface area contributed by atoms with E-state index in [1.807, 2.05) is 49.6 Å². The summed E-state index contributed by atoms with van der Waals surface area (Å²) >= 11 is 6.18. The van der Waals surface area contributed by atoms with Gasteiger partial charge in [-0.25, -0.2) is 4.79 Å². The number of aromatic nitrogens is 3. The molecule has 2 aromatic heterocycles. The number of nitrogens with one attached hydrogen (secondary N) is 1. The van der Waals surface area contributed by atoms with Crippen molar-refractivity contribution in [3.05, 3.63) is 63.2 Å². The Morgan fingerprint density at radius 2 is 1.95 bits per heavy atom. The maximum absolute atomic E-state index is 13.0. The van der Waals surface area contributed by atoms with Crippen LogP contribution in [0.3, 0.4) is 0 Å². The summed E-state index contributed by atoms with van der Waals surface area (Å²) < 4.78 is 14.4. The van der Waals surface area contributed by atoms with Crippen molar-refractivity contribution < 1.29 is 19.1 Å². The number of halogens is 1. The summed E-state index contributed by atoms with van der Waals surface area (Å²) in [7, 11) is 0. The number of ether oxygens (including phenoxy) is 2. The lowest BCUT2D eigenvalue weighted by Crippen LogP contribution is -2.19. The van der Waals surface area contributed by atoms with E-state index in [0.29, 0.717) is 33.8 Å². The normalized spacial score (nSPS) is 13.6. The Morgan fingerprint density at radius 3 is 2.66 bits per heavy atom. The molecule has 0 spiro atoms. The maximum Gasteiger partial charge on any atom is 0.341 e. The molecule has 1 aliphatic carbocycles. The van der Waals surface area contributed by atoms with E-state index in [0.717, 1.165) is 40.6 Å². The standard InChI is InChI=1S/C27H31BrN4O4S2/c1-5-14-32-24(17(4)36-19-12-10-18(28)11-13-19)30-31-27(32)37-15-22(33)29-25-23(26(34)35-16(2)3)20-8-6-7-9-21(20)38-25/h5,10-13,16-17H,1,6-9,14-15H2,2-4H3,(H,29,33). The second-order valence-corrected chi connectivity index (χ2v) is 12.1. The van der Waals surface area contributed by atoms with Crippen molar-refractivity contribution in [2.45, 2.75) is 70.4 Å². The second-order valence-electron chi connectivity index (χ2n) is 9.16. The number of carbonyl (C=O) groups excluding carboxylic acids is 2. The van der Waals surface area contributed by atoms with Gasteiger partial charge in [-0.3, -0.25) is 9.36 Å². The molecule has 1 aliphatic rings. The highest BCUT2D eigenvalue weighted by molar-refractivity contribution is 9.10. The molecule has 4 rings (SSSR count). The Bertz CT molecular complexity index is 1300. The van der Waals surface area contributed by atoms with Crippen molar-refractivity contribution in [3.63, 3.8) is 0 Å². The van der Waals surface area contributed by atoms with Gasteiger partial charge in [-0.15, -0.1) is 28.1 Å². The Labute approximate surface area is 239 Å². The van der Waals surface area contributed by atoms with Gasteiger partial charge in [-0.05, 0) is 76.3 Å². The summed E-state index contributed by atoms with van der Waals surface area (Å²) in [5.74, 6) is 0.866. The summed E-state index contributed by atoms with van der Waals surface area (Å²) in [6, 6.07) is 7.58. The molecule has 1 aromatic carbocycles. The van der Waals surface area contributed by atoms with Crippen LogP contribution in [0.2, 0.25) is 0 Å². The summed E-state index contributed by atoms with van der Waals surface area (Å²) in [6.07, 6.45) is 5.01. The molecule has 0 aliphatic heterocycles. The van der Waals surface area contributed by atoms with Crippen LogP contribution in [0, 0.1) is 0 Å². The topological polar surface area (TPSA) is 95.3 Å². The van der Waals surface area contributed by atoms with Gasteiger partial charge in [0.05, 0.1) is 17.4 Å². The van der Waals surface area contributed by atoms with Gasteiger partial charge in [0.2, 0.25) is 5.91 Å². The van der Waals surface area contributed by atoms with E-state index in [2.05, 4.69) is 38.0 Å². The van der Waals surface area contributed by atoms with Gasteiger partial charge in [0.1, 0.15) is 10.8 Å². The van der Waals surface area contributed by atoms with Crippen LogP contribution in [0.5, 0.6) is 5.75 Å². The molecular weight excluding hydrogens is 588 g/mol. The van der Waals surface area contributed by atoms with Crippen LogP contribution in [-0.2, 0) is 28.9 Å². The number of esters is 1. The predicted octanol–water partition coefficient (Wildman–Crippen LogP) is 6.60. The second kappa shape index (κ2) is 12.9. The predicted molar refractivity (Wildman–Crippen MR) is 154 cm³/mol. The average molecular weight is 620 g/mol. The summed E-state index contributed by atoms with van der Waals surface area (Å²) in [4.78, 5) is 27.0. The van der Waals surface area contributed by atoms with Crippen LogP contribution in [0.25, 0.3) is 0 Å². The van der Waals surface area contributed by atoms with E-state index in [1.165, 1.54) is 23.1 Å². The largest absolute Gasteiger partial charge is 0.483 e. The Hall–Kier alpha value is -2.63. The lowest BCUT2D eigenvalue weighted by molar-refractivity contribution is -0.113. The maximum atomic E-state index is 13.0. The van der Waals surface area contributed by atoms with Crippen molar-refractivity contribution in [1.29, 1.82) is 0 Å². The number of hydrogen-bond donors (Lipinski definition) is 1. The highest BCUT2D eigenvalue weighted by atomic mass is 79.9. The molecule has 1 amide bonds. The number of benzene rings is 1. The fourth-order valence-electron chi connectivity index (χ4n) is 4.21. The van der Waals surface area contributed by atoms with Crippen molar-refractivity contribution in [2.75, 3.05) is 11.1 Å². The molecule has 1 atom stereocenters. The summed E-state index contributed by atoms with van der Waals surface area (Å²) in [6.45, 7) is 9.88. The average Bonchev–Trinajstić information content (AvgIpc) is 3.44. The number of amides is 1. The zero-order valence-corrected chi connectivity index (χ0v) is 24.9. The van der Waals surface area contributed by atoms with Crippen LogP contribution in [0.1, 0.15) is 66.3 Å². The van der Waals surface area contributed by atoms with Gasteiger partial charge in [0.15, 0.2) is 17.1 Å². The van der Waals surface area contributed by atoms with Crippen molar-refractivity contribution in [2.24, 2.45) is 0 Å². The number of rotatable bonds is 11. The van der Waals surface area contributed by atoms with Crippen LogP contribution in [-0.4, -0.2) is 38.5 Å². The summed E-state index contributed by atoms with van der Waals surface area (Å²) in [5, 5.41) is 12.8. The molecule has 2 heterocycles. The minimum Gasteiger partial charge on any atom is -0.483 e. The first kappa shape index (κ1) is 28.4. The molecule has 8 nitrogen and oxygen atoms in total. The Kier molecular flexibility index (Phi) is 9.67. The number of carbonyl (C=O) groups is 2. The number of thioether (sulfide) groups is 1. The molecule has 0 saturated carbocycles. The lowest BCUT2D eigenvalue weighted by Gasteiger charge is -2.16. The number of allylic oxidation sites excluding steroid dienone is 1. The SMILES string of the molecule is C=CCn1c(SCC(=O)Nc2sc3c(c2C(=O)OC(C)C)CCCC3)nnc1C(C)Oc1ccc(Br)cc1. The van der Waals surface area contributed by atoms with Gasteiger partial charge in [0.25, 0.3) is 0 Å². The van der Waals surface area contributed by atoms with E-state index in [1.54, 1.807) is 6.08 Å². The molecule has 0 fully saturated rings. The molecule has 1 unspecified atom stereocenters. The first-order valence-corrected chi connectivity index (χ1v) is 15.1. The molecular formula is C27H31BrN4O4S2. The van der Waals surface area contributed by atoms with Crippen molar-refractivity contribution in [1.82, 2.24) is 14.8 Å². The van der Waals surface area contributed by atoms with Gasteiger partial charge in [0, 0.05) is 15.9 Å². The fraction of sp³-hybridized carbons (Fsp3) is 0.407. The minimum atomic E-state index is -0.377. The zero-order chi connectivity index (χ0) is 27.2. The number of aryl methyl sites for hydroxylation is 1. The molecule has 0 saturated heterocycles. The van der Waals surface area contributed by atoms with Gasteiger partial charge in [-0.1, -0.05) is 33.8 Å². The lowest BCUT2D eigenvalue weighted by atomic mass is 9.95. The van der Waals surface area contributed by atoms with Crippen LogP contribution < -0.4 is 10.1 Å². The molecule has 202 valence electrons. The highest BCUT2D eigenvalue weighted by Crippen LogP contribution is 2.39. The number of nitrogens with zero attached hydrogens (tertiary/aromatic N) is 3. The number of anilines is 1. The van der Waals surface area contributed by atoms with E-state index >= 15 is 0 Å². The van der Waals surface area contributed by atoms with Crippen LogP contribution >= 0.6 is 39.0 Å². The van der Waals surface area contributed by atoms with Crippen LogP contribution in [0.4, 0.5) is 5.00 Å². The smallest absolute Gasteiger partial charge is 0.341 e. The number of thiophene rings is 1. The third kappa shape index (κ3) is 6.86. The number of hydrogen-bond acceptors (Lipinski definition) is 8. The third-order valence-electron chi connectivity index (χ3n) is 5.85. The van der Waals surface area contributed by atoms with E-state index in [-0.39, 0.29) is 29.8 Å². The zero-order valence-electron chi connectivity index (χ0n) is 21.7. The van der Waals surface area contributed by atoms with E-state index in [9.17, 15) is 9.59 Å². The van der Waals surface area contributed by atoms with Crippen LogP contribution in [0.15, 0.2) is 46.5 Å². The van der Waals surface area contributed by atoms with Crippen molar-refractivity contribution in [3.8, 4) is 5.75 Å². The summed E-state index contributed by atoms with van der Waals surface area (Å²) in [5.41, 5.74) is 1.53. The minimum absolute atomic E-state index is 0.110. The van der Waals surface area contributed by atoms with E-state index in [4.69, 9.17) is 9.47 Å². The quantitative estimate of drug-likeness (QED) is 0.147. The fourth-order valence-corrected chi connectivity index (χ4v) is 6.53.